The fourth-order valence-corrected chi connectivity index (χ4v) is 2.64. The van der Waals surface area contributed by atoms with Crippen molar-refractivity contribution in [3.05, 3.63) is 65.7 Å². The fraction of sp³-hybridized carbons (Fsp3) is 0.250. The number of carbonyl (C=O) groups excluding carboxylic acids is 3. The van der Waals surface area contributed by atoms with Crippen LogP contribution in [0.3, 0.4) is 0 Å². The lowest BCUT2D eigenvalue weighted by Gasteiger charge is -2.24. The highest BCUT2D eigenvalue weighted by atomic mass is 16.4. The van der Waals surface area contributed by atoms with Crippen LogP contribution in [0.4, 0.5) is 0 Å². The van der Waals surface area contributed by atoms with Gasteiger partial charge in [0.15, 0.2) is 0 Å². The molecule has 0 saturated carbocycles. The van der Waals surface area contributed by atoms with Crippen molar-refractivity contribution in [3.8, 4) is 5.75 Å². The summed E-state index contributed by atoms with van der Waals surface area (Å²) in [6.07, 6.45) is 0.220. The van der Waals surface area contributed by atoms with Crippen LogP contribution in [0.25, 0.3) is 0 Å². The van der Waals surface area contributed by atoms with E-state index in [1.54, 1.807) is 12.1 Å². The average molecular weight is 369 g/mol. The largest absolute Gasteiger partial charge is 0.548 e. The number of aliphatic carboxylic acids is 1. The topological polar surface area (TPSA) is 119 Å². The smallest absolute Gasteiger partial charge is 0.243 e. The summed E-state index contributed by atoms with van der Waals surface area (Å²) >= 11 is 0. The fourth-order valence-electron chi connectivity index (χ4n) is 2.64. The van der Waals surface area contributed by atoms with Crippen molar-refractivity contribution < 1.29 is 24.6 Å². The van der Waals surface area contributed by atoms with Gasteiger partial charge in [-0.05, 0) is 29.7 Å². The maximum absolute atomic E-state index is 12.6. The molecule has 142 valence electrons. The molecule has 0 heterocycles. The zero-order valence-corrected chi connectivity index (χ0v) is 14.8. The highest BCUT2D eigenvalue weighted by molar-refractivity contribution is 5.90. The molecular formula is C20H21N2O5-. The summed E-state index contributed by atoms with van der Waals surface area (Å²) in [5.74, 6) is -2.38. The molecule has 0 radical (unpaired) electrons. The molecule has 3 N–H and O–H groups in total. The van der Waals surface area contributed by atoms with Crippen molar-refractivity contribution in [1.82, 2.24) is 10.6 Å². The third-order valence-corrected chi connectivity index (χ3v) is 3.95. The molecule has 0 aliphatic rings. The predicted molar refractivity (Wildman–Crippen MR) is 96.5 cm³/mol. The molecular weight excluding hydrogens is 348 g/mol. The Labute approximate surface area is 157 Å². The molecule has 7 heteroatoms. The van der Waals surface area contributed by atoms with E-state index in [2.05, 4.69) is 10.6 Å². The molecule has 0 bridgehead atoms. The van der Waals surface area contributed by atoms with Gasteiger partial charge < -0.3 is 25.6 Å². The molecule has 2 atom stereocenters. The van der Waals surface area contributed by atoms with Crippen LogP contribution in [-0.2, 0) is 27.2 Å². The van der Waals surface area contributed by atoms with Crippen molar-refractivity contribution in [2.75, 3.05) is 0 Å². The SMILES string of the molecule is CC(=O)N[C@H](Cc1ccccc1)C(=O)N[C@@H](Cc1ccc(O)cc1)C(=O)[O-]. The van der Waals surface area contributed by atoms with Gasteiger partial charge in [-0.3, -0.25) is 9.59 Å². The minimum absolute atomic E-state index is 0.00746. The van der Waals surface area contributed by atoms with E-state index in [4.69, 9.17) is 0 Å². The van der Waals surface area contributed by atoms with Gasteiger partial charge in [0.25, 0.3) is 0 Å². The molecule has 0 aromatic heterocycles. The molecule has 2 aromatic rings. The van der Waals surface area contributed by atoms with Gasteiger partial charge in [0.1, 0.15) is 11.8 Å². The molecule has 0 spiro atoms. The van der Waals surface area contributed by atoms with Crippen LogP contribution in [0.15, 0.2) is 54.6 Å². The Balaban J connectivity index is 2.10. The van der Waals surface area contributed by atoms with Crippen LogP contribution in [-0.4, -0.2) is 35.0 Å². The Morgan fingerprint density at radius 2 is 1.44 bits per heavy atom. The van der Waals surface area contributed by atoms with Crippen molar-refractivity contribution in [2.45, 2.75) is 31.8 Å². The predicted octanol–water partition coefficient (Wildman–Crippen LogP) is -0.0832. The summed E-state index contributed by atoms with van der Waals surface area (Å²) in [7, 11) is 0. The quantitative estimate of drug-likeness (QED) is 0.601. The first-order valence-electron chi connectivity index (χ1n) is 8.45. The summed E-state index contributed by atoms with van der Waals surface area (Å²) in [4.78, 5) is 35.5. The molecule has 2 amide bonds. The zero-order chi connectivity index (χ0) is 19.8. The number of hydrogen-bond donors (Lipinski definition) is 3. The molecule has 2 rings (SSSR count). The first-order valence-corrected chi connectivity index (χ1v) is 8.45. The van der Waals surface area contributed by atoms with E-state index in [1.165, 1.54) is 19.1 Å². The Kier molecular flexibility index (Phi) is 6.93. The van der Waals surface area contributed by atoms with Gasteiger partial charge in [0, 0.05) is 13.3 Å². The summed E-state index contributed by atoms with van der Waals surface area (Å²) in [5, 5.41) is 25.7. The van der Waals surface area contributed by atoms with Crippen molar-refractivity contribution in [3.63, 3.8) is 0 Å². The maximum Gasteiger partial charge on any atom is 0.243 e. The van der Waals surface area contributed by atoms with Gasteiger partial charge in [0.2, 0.25) is 11.8 Å². The summed E-state index contributed by atoms with van der Waals surface area (Å²) in [5.41, 5.74) is 1.44. The number of phenolic OH excluding ortho intramolecular Hbond substituents is 1. The van der Waals surface area contributed by atoms with Crippen LogP contribution in [0.5, 0.6) is 5.75 Å². The Morgan fingerprint density at radius 3 is 2.00 bits per heavy atom. The van der Waals surface area contributed by atoms with Gasteiger partial charge in [0.05, 0.1) is 12.0 Å². The van der Waals surface area contributed by atoms with E-state index in [0.29, 0.717) is 5.56 Å². The second-order valence-corrected chi connectivity index (χ2v) is 6.19. The van der Waals surface area contributed by atoms with Gasteiger partial charge in [-0.1, -0.05) is 42.5 Å². The van der Waals surface area contributed by atoms with Crippen LogP contribution in [0.1, 0.15) is 18.1 Å². The monoisotopic (exact) mass is 369 g/mol. The van der Waals surface area contributed by atoms with Crippen LogP contribution in [0.2, 0.25) is 0 Å². The highest BCUT2D eigenvalue weighted by Gasteiger charge is 2.23. The van der Waals surface area contributed by atoms with E-state index in [1.807, 2.05) is 30.3 Å². The number of hydrogen-bond acceptors (Lipinski definition) is 5. The Bertz CT molecular complexity index is 790. The molecule has 0 aliphatic carbocycles. The summed E-state index contributed by atoms with van der Waals surface area (Å²) in [6, 6.07) is 12.9. The number of nitrogens with one attached hydrogen (secondary N) is 2. The molecule has 7 nitrogen and oxygen atoms in total. The molecule has 0 unspecified atom stereocenters. The summed E-state index contributed by atoms with van der Waals surface area (Å²) < 4.78 is 0. The van der Waals surface area contributed by atoms with Crippen molar-refractivity contribution >= 4 is 17.8 Å². The Hall–Kier alpha value is -3.35. The second kappa shape index (κ2) is 9.38. The number of aromatic hydroxyl groups is 1. The number of carbonyl (C=O) groups is 3. The van der Waals surface area contributed by atoms with E-state index >= 15 is 0 Å². The van der Waals surface area contributed by atoms with Gasteiger partial charge in [-0.15, -0.1) is 0 Å². The minimum Gasteiger partial charge on any atom is -0.548 e. The standard InChI is InChI=1S/C20H22N2O5/c1-13(23)21-17(11-14-5-3-2-4-6-14)19(25)22-18(20(26)27)12-15-7-9-16(24)10-8-15/h2-10,17-18,24H,11-12H2,1H3,(H,21,23)(H,22,25)(H,26,27)/p-1/t17-,18+/m1/s1. The van der Waals surface area contributed by atoms with Gasteiger partial charge in [-0.25, -0.2) is 0 Å². The van der Waals surface area contributed by atoms with Crippen LogP contribution in [0, 0.1) is 0 Å². The number of rotatable bonds is 8. The van der Waals surface area contributed by atoms with Crippen molar-refractivity contribution in [1.29, 1.82) is 0 Å². The van der Waals surface area contributed by atoms with Crippen LogP contribution < -0.4 is 15.7 Å². The van der Waals surface area contributed by atoms with Crippen molar-refractivity contribution in [2.24, 2.45) is 0 Å². The third kappa shape index (κ3) is 6.47. The number of amides is 2. The highest BCUT2D eigenvalue weighted by Crippen LogP contribution is 2.11. The number of benzene rings is 2. The van der Waals surface area contributed by atoms with Gasteiger partial charge in [-0.2, -0.15) is 0 Å². The van der Waals surface area contributed by atoms with Crippen LogP contribution >= 0.6 is 0 Å². The zero-order valence-electron chi connectivity index (χ0n) is 14.8. The second-order valence-electron chi connectivity index (χ2n) is 6.19. The Morgan fingerprint density at radius 1 is 0.889 bits per heavy atom. The molecule has 0 saturated heterocycles. The van der Waals surface area contributed by atoms with E-state index in [9.17, 15) is 24.6 Å². The molecule has 0 fully saturated rings. The number of carboxylic acids is 1. The lowest BCUT2D eigenvalue weighted by atomic mass is 10.0. The normalized spacial score (nSPS) is 12.6. The molecule has 27 heavy (non-hydrogen) atoms. The lowest BCUT2D eigenvalue weighted by Crippen LogP contribution is -2.55. The summed E-state index contributed by atoms with van der Waals surface area (Å²) in [6.45, 7) is 1.29. The average Bonchev–Trinajstić information content (AvgIpc) is 2.62. The molecule has 2 aromatic carbocycles. The minimum atomic E-state index is -1.43. The first-order chi connectivity index (χ1) is 12.8. The van der Waals surface area contributed by atoms with E-state index in [-0.39, 0.29) is 18.6 Å². The first kappa shape index (κ1) is 20.0. The molecule has 0 aliphatic heterocycles. The third-order valence-electron chi connectivity index (χ3n) is 3.95. The maximum atomic E-state index is 12.6. The lowest BCUT2D eigenvalue weighted by molar-refractivity contribution is -0.308. The van der Waals surface area contributed by atoms with E-state index in [0.717, 1.165) is 5.56 Å². The number of carboxylic acid groups (broad SMARTS) is 1. The number of phenols is 1. The van der Waals surface area contributed by atoms with E-state index < -0.39 is 29.9 Å². The van der Waals surface area contributed by atoms with Gasteiger partial charge >= 0.3 is 0 Å².